The van der Waals surface area contributed by atoms with Gasteiger partial charge in [0.15, 0.2) is 0 Å². The monoisotopic (exact) mass is 395 g/mol. The summed E-state index contributed by atoms with van der Waals surface area (Å²) in [5.74, 6) is 2.21. The number of rotatable bonds is 3. The molecule has 1 aromatic carbocycles. The first-order valence-corrected chi connectivity index (χ1v) is 8.97. The van der Waals surface area contributed by atoms with Gasteiger partial charge in [0.2, 0.25) is 5.91 Å². The van der Waals surface area contributed by atoms with Crippen molar-refractivity contribution in [3.8, 4) is 0 Å². The molecule has 2 heterocycles. The number of anilines is 1. The molecule has 2 saturated heterocycles. The molecular formula is C16H24Cl2FN3OS. The Morgan fingerprint density at radius 1 is 1.17 bits per heavy atom. The van der Waals surface area contributed by atoms with Crippen LogP contribution in [0.1, 0.15) is 6.42 Å². The van der Waals surface area contributed by atoms with E-state index < -0.39 is 0 Å². The van der Waals surface area contributed by atoms with Crippen molar-refractivity contribution < 1.29 is 9.18 Å². The fourth-order valence-electron chi connectivity index (χ4n) is 2.96. The van der Waals surface area contributed by atoms with Gasteiger partial charge in [0.1, 0.15) is 5.82 Å². The van der Waals surface area contributed by atoms with Crippen molar-refractivity contribution in [3.63, 3.8) is 0 Å². The summed E-state index contributed by atoms with van der Waals surface area (Å²) in [6.07, 6.45) is 0.601. The zero-order valence-corrected chi connectivity index (χ0v) is 15.9. The minimum Gasteiger partial charge on any atom is -0.368 e. The summed E-state index contributed by atoms with van der Waals surface area (Å²) in [5.41, 5.74) is 1.03. The van der Waals surface area contributed by atoms with Crippen molar-refractivity contribution in [2.24, 2.45) is 0 Å². The van der Waals surface area contributed by atoms with Crippen LogP contribution in [0, 0.1) is 5.82 Å². The quantitative estimate of drug-likeness (QED) is 0.852. The molecule has 4 nitrogen and oxygen atoms in total. The van der Waals surface area contributed by atoms with Crippen molar-refractivity contribution in [3.05, 3.63) is 30.1 Å². The second-order valence-electron chi connectivity index (χ2n) is 5.77. The summed E-state index contributed by atoms with van der Waals surface area (Å²) in [6.45, 7) is 4.11. The Hall–Kier alpha value is -0.690. The molecule has 1 atom stereocenters. The second kappa shape index (κ2) is 10.3. The fourth-order valence-corrected chi connectivity index (χ4v) is 3.91. The van der Waals surface area contributed by atoms with Crippen LogP contribution in [0.4, 0.5) is 10.1 Å². The highest BCUT2D eigenvalue weighted by Gasteiger charge is 2.24. The van der Waals surface area contributed by atoms with E-state index in [-0.39, 0.29) is 36.5 Å². The predicted molar refractivity (Wildman–Crippen MR) is 103 cm³/mol. The standard InChI is InChI=1S/C16H22FN3OS.2ClH/c17-13-1-3-15(4-2-13)19-6-8-20(9-7-19)16(21)11-14-12-22-10-5-18-14;;/h1-4,14,18H,5-12H2;2*1H. The zero-order chi connectivity index (χ0) is 15.4. The van der Waals surface area contributed by atoms with Crippen molar-refractivity contribution in [2.75, 3.05) is 49.1 Å². The molecular weight excluding hydrogens is 372 g/mol. The molecule has 2 fully saturated rings. The van der Waals surface area contributed by atoms with Gasteiger partial charge in [-0.2, -0.15) is 11.8 Å². The number of halogens is 3. The lowest BCUT2D eigenvalue weighted by atomic mass is 10.2. The Labute approximate surface area is 159 Å². The van der Waals surface area contributed by atoms with Crippen LogP contribution >= 0.6 is 36.6 Å². The van der Waals surface area contributed by atoms with Gasteiger partial charge in [0.05, 0.1) is 0 Å². The molecule has 1 unspecified atom stereocenters. The van der Waals surface area contributed by atoms with Crippen molar-refractivity contribution in [2.45, 2.75) is 12.5 Å². The molecule has 2 aliphatic heterocycles. The summed E-state index contributed by atoms with van der Waals surface area (Å²) in [7, 11) is 0. The average Bonchev–Trinajstić information content (AvgIpc) is 2.57. The number of nitrogens with zero attached hydrogens (tertiary/aromatic N) is 2. The van der Waals surface area contributed by atoms with Crippen LogP contribution in [-0.4, -0.2) is 61.1 Å². The smallest absolute Gasteiger partial charge is 0.224 e. The van der Waals surface area contributed by atoms with E-state index in [1.165, 1.54) is 12.1 Å². The molecule has 8 heteroatoms. The van der Waals surface area contributed by atoms with Crippen LogP contribution in [0.2, 0.25) is 0 Å². The number of hydrogen-bond acceptors (Lipinski definition) is 4. The Balaban J connectivity index is 0.00000144. The van der Waals surface area contributed by atoms with Crippen LogP contribution in [0.5, 0.6) is 0 Å². The Kier molecular flexibility index (Phi) is 9.19. The van der Waals surface area contributed by atoms with E-state index in [0.717, 1.165) is 49.9 Å². The lowest BCUT2D eigenvalue weighted by molar-refractivity contribution is -0.131. The van der Waals surface area contributed by atoms with Gasteiger partial charge in [-0.05, 0) is 24.3 Å². The maximum Gasteiger partial charge on any atom is 0.224 e. The van der Waals surface area contributed by atoms with E-state index in [4.69, 9.17) is 0 Å². The number of benzene rings is 1. The van der Waals surface area contributed by atoms with E-state index in [1.807, 2.05) is 16.7 Å². The van der Waals surface area contributed by atoms with E-state index in [9.17, 15) is 9.18 Å². The number of piperazine rings is 1. The predicted octanol–water partition coefficient (Wildman–Crippen LogP) is 2.41. The number of amides is 1. The summed E-state index contributed by atoms with van der Waals surface area (Å²) in [6, 6.07) is 6.89. The van der Waals surface area contributed by atoms with E-state index in [0.29, 0.717) is 12.5 Å². The first kappa shape index (κ1) is 21.4. The molecule has 0 bridgehead atoms. The van der Waals surface area contributed by atoms with Gasteiger partial charge >= 0.3 is 0 Å². The molecule has 0 radical (unpaired) electrons. The number of nitrogens with one attached hydrogen (secondary N) is 1. The van der Waals surface area contributed by atoms with Crippen molar-refractivity contribution >= 4 is 48.2 Å². The first-order chi connectivity index (χ1) is 10.7. The maximum absolute atomic E-state index is 13.0. The van der Waals surface area contributed by atoms with Gasteiger partial charge in [-0.3, -0.25) is 4.79 Å². The van der Waals surface area contributed by atoms with Gasteiger partial charge in [-0.15, -0.1) is 24.8 Å². The third-order valence-corrected chi connectivity index (χ3v) is 5.37. The Morgan fingerprint density at radius 3 is 2.42 bits per heavy atom. The van der Waals surface area contributed by atoms with E-state index in [1.54, 1.807) is 12.1 Å². The van der Waals surface area contributed by atoms with Crippen LogP contribution in [0.25, 0.3) is 0 Å². The molecule has 2 aliphatic rings. The molecule has 0 aliphatic carbocycles. The summed E-state index contributed by atoms with van der Waals surface area (Å²) in [5, 5.41) is 3.41. The molecule has 0 spiro atoms. The highest BCUT2D eigenvalue weighted by Crippen LogP contribution is 2.18. The first-order valence-electron chi connectivity index (χ1n) is 7.82. The van der Waals surface area contributed by atoms with Gasteiger partial charge in [-0.1, -0.05) is 0 Å². The van der Waals surface area contributed by atoms with Gasteiger partial charge in [0, 0.05) is 62.4 Å². The summed E-state index contributed by atoms with van der Waals surface area (Å²) in [4.78, 5) is 16.5. The highest BCUT2D eigenvalue weighted by molar-refractivity contribution is 7.99. The minimum atomic E-state index is -0.213. The summed E-state index contributed by atoms with van der Waals surface area (Å²) < 4.78 is 13.0. The van der Waals surface area contributed by atoms with Gasteiger partial charge < -0.3 is 15.1 Å². The molecule has 1 aromatic rings. The van der Waals surface area contributed by atoms with Crippen LogP contribution in [-0.2, 0) is 4.79 Å². The molecule has 136 valence electrons. The number of thioether (sulfide) groups is 1. The SMILES string of the molecule is Cl.Cl.O=C(CC1CSCCN1)N1CCN(c2ccc(F)cc2)CC1. The summed E-state index contributed by atoms with van der Waals surface area (Å²) >= 11 is 1.92. The molecule has 24 heavy (non-hydrogen) atoms. The lowest BCUT2D eigenvalue weighted by Gasteiger charge is -2.37. The number of carbonyl (C=O) groups is 1. The number of hydrogen-bond donors (Lipinski definition) is 1. The average molecular weight is 396 g/mol. The topological polar surface area (TPSA) is 35.6 Å². The largest absolute Gasteiger partial charge is 0.368 e. The van der Waals surface area contributed by atoms with Crippen LogP contribution in [0.3, 0.4) is 0 Å². The fraction of sp³-hybridized carbons (Fsp3) is 0.562. The van der Waals surface area contributed by atoms with E-state index >= 15 is 0 Å². The molecule has 1 amide bonds. The molecule has 1 N–H and O–H groups in total. The maximum atomic E-state index is 13.0. The highest BCUT2D eigenvalue weighted by atomic mass is 35.5. The molecule has 0 saturated carbocycles. The van der Waals surface area contributed by atoms with Crippen LogP contribution in [0.15, 0.2) is 24.3 Å². The van der Waals surface area contributed by atoms with Crippen LogP contribution < -0.4 is 10.2 Å². The molecule has 3 rings (SSSR count). The third-order valence-electron chi connectivity index (χ3n) is 4.24. The van der Waals surface area contributed by atoms with E-state index in [2.05, 4.69) is 10.2 Å². The zero-order valence-electron chi connectivity index (χ0n) is 13.4. The van der Waals surface area contributed by atoms with Crippen molar-refractivity contribution in [1.82, 2.24) is 10.2 Å². The second-order valence-corrected chi connectivity index (χ2v) is 6.92. The van der Waals surface area contributed by atoms with Gasteiger partial charge in [-0.25, -0.2) is 4.39 Å². The third kappa shape index (κ3) is 5.69. The normalized spacial score (nSPS) is 20.8. The van der Waals surface area contributed by atoms with Gasteiger partial charge in [0.25, 0.3) is 0 Å². The lowest BCUT2D eigenvalue weighted by Crippen LogP contribution is -2.50. The molecule has 0 aromatic heterocycles. The Morgan fingerprint density at radius 2 is 1.83 bits per heavy atom. The Bertz CT molecular complexity index is 507. The van der Waals surface area contributed by atoms with Crippen molar-refractivity contribution in [1.29, 1.82) is 0 Å². The number of carbonyl (C=O) groups excluding carboxylic acids is 1. The minimum absolute atomic E-state index is 0.